The van der Waals surface area contributed by atoms with Crippen LogP contribution in [-0.4, -0.2) is 35.2 Å². The normalized spacial score (nSPS) is 10.6. The molecule has 3 aromatic rings. The van der Waals surface area contributed by atoms with Crippen molar-refractivity contribution < 1.29 is 9.13 Å². The standard InChI is InChI=1S/C18H17FN4O/c1-24-11-10-21-17-12-16(13-2-4-15(19)5-3-13)22-18(23-17)14-6-8-20-9-7-14/h2-9,12H,10-11H2,1H3,(H,21,22,23). The fraction of sp³-hybridized carbons (Fsp3) is 0.167. The summed E-state index contributed by atoms with van der Waals surface area (Å²) in [6.07, 6.45) is 3.39. The first-order valence-electron chi connectivity index (χ1n) is 7.54. The van der Waals surface area contributed by atoms with Gasteiger partial charge in [-0.25, -0.2) is 14.4 Å². The Morgan fingerprint density at radius 2 is 1.75 bits per heavy atom. The molecular weight excluding hydrogens is 307 g/mol. The van der Waals surface area contributed by atoms with Crippen LogP contribution >= 0.6 is 0 Å². The predicted molar refractivity (Wildman–Crippen MR) is 91.0 cm³/mol. The highest BCUT2D eigenvalue weighted by molar-refractivity contribution is 5.67. The quantitative estimate of drug-likeness (QED) is 0.704. The Kier molecular flexibility index (Phi) is 5.08. The minimum Gasteiger partial charge on any atom is -0.383 e. The van der Waals surface area contributed by atoms with Crippen LogP contribution in [0.15, 0.2) is 54.9 Å². The molecule has 0 amide bonds. The van der Waals surface area contributed by atoms with Gasteiger partial charge >= 0.3 is 0 Å². The van der Waals surface area contributed by atoms with E-state index >= 15 is 0 Å². The van der Waals surface area contributed by atoms with Crippen LogP contribution in [0.4, 0.5) is 10.2 Å². The van der Waals surface area contributed by atoms with Gasteiger partial charge in [0.05, 0.1) is 12.3 Å². The van der Waals surface area contributed by atoms with Crippen LogP contribution in [0.5, 0.6) is 0 Å². The van der Waals surface area contributed by atoms with Gasteiger partial charge in [0.1, 0.15) is 11.6 Å². The summed E-state index contributed by atoms with van der Waals surface area (Å²) in [5.41, 5.74) is 2.41. The molecule has 0 saturated carbocycles. The summed E-state index contributed by atoms with van der Waals surface area (Å²) in [4.78, 5) is 13.2. The summed E-state index contributed by atoms with van der Waals surface area (Å²) in [6, 6.07) is 11.8. The minimum atomic E-state index is -0.277. The first-order valence-corrected chi connectivity index (χ1v) is 7.54. The molecule has 0 aliphatic heterocycles. The van der Waals surface area contributed by atoms with Gasteiger partial charge in [-0.2, -0.15) is 0 Å². The molecule has 1 aromatic carbocycles. The summed E-state index contributed by atoms with van der Waals surface area (Å²) in [6.45, 7) is 1.20. The predicted octanol–water partition coefficient (Wildman–Crippen LogP) is 3.40. The van der Waals surface area contributed by atoms with Gasteiger partial charge in [-0.15, -0.1) is 0 Å². The molecule has 0 bridgehead atoms. The highest BCUT2D eigenvalue weighted by Gasteiger charge is 2.09. The van der Waals surface area contributed by atoms with Crippen molar-refractivity contribution in [3.05, 3.63) is 60.7 Å². The van der Waals surface area contributed by atoms with Gasteiger partial charge in [-0.3, -0.25) is 4.98 Å². The molecule has 0 saturated heterocycles. The molecule has 122 valence electrons. The monoisotopic (exact) mass is 324 g/mol. The molecule has 24 heavy (non-hydrogen) atoms. The Hall–Kier alpha value is -2.86. The van der Waals surface area contributed by atoms with Gasteiger partial charge in [0.15, 0.2) is 5.82 Å². The molecule has 0 unspecified atom stereocenters. The van der Waals surface area contributed by atoms with Crippen LogP contribution in [0.1, 0.15) is 0 Å². The Morgan fingerprint density at radius 3 is 2.46 bits per heavy atom. The Bertz CT molecular complexity index is 794. The number of hydrogen-bond donors (Lipinski definition) is 1. The third-order valence-corrected chi connectivity index (χ3v) is 3.42. The number of rotatable bonds is 6. The lowest BCUT2D eigenvalue weighted by Crippen LogP contribution is -2.10. The smallest absolute Gasteiger partial charge is 0.162 e. The number of benzene rings is 1. The fourth-order valence-electron chi connectivity index (χ4n) is 2.22. The first-order chi connectivity index (χ1) is 11.8. The van der Waals surface area contributed by atoms with E-state index in [1.807, 2.05) is 18.2 Å². The van der Waals surface area contributed by atoms with Crippen molar-refractivity contribution in [3.63, 3.8) is 0 Å². The molecule has 1 N–H and O–H groups in total. The third kappa shape index (κ3) is 3.91. The van der Waals surface area contributed by atoms with E-state index in [1.54, 1.807) is 31.6 Å². The second-order valence-corrected chi connectivity index (χ2v) is 5.12. The average molecular weight is 324 g/mol. The number of anilines is 1. The maximum absolute atomic E-state index is 13.2. The number of hydrogen-bond acceptors (Lipinski definition) is 5. The lowest BCUT2D eigenvalue weighted by molar-refractivity contribution is 0.210. The summed E-state index contributed by atoms with van der Waals surface area (Å²) >= 11 is 0. The van der Waals surface area contributed by atoms with E-state index in [9.17, 15) is 4.39 Å². The zero-order chi connectivity index (χ0) is 16.8. The van der Waals surface area contributed by atoms with Gasteiger partial charge in [0.2, 0.25) is 0 Å². The molecule has 0 atom stereocenters. The number of nitrogens with zero attached hydrogens (tertiary/aromatic N) is 3. The van der Waals surface area contributed by atoms with Crippen LogP contribution in [0.25, 0.3) is 22.6 Å². The largest absolute Gasteiger partial charge is 0.383 e. The van der Waals surface area contributed by atoms with Gasteiger partial charge in [-0.05, 0) is 36.4 Å². The lowest BCUT2D eigenvalue weighted by Gasteiger charge is -2.10. The molecule has 3 rings (SSSR count). The summed E-state index contributed by atoms with van der Waals surface area (Å²) in [5, 5.41) is 3.21. The number of halogens is 1. The molecular formula is C18H17FN4O. The highest BCUT2D eigenvalue weighted by Crippen LogP contribution is 2.24. The number of aromatic nitrogens is 3. The zero-order valence-electron chi connectivity index (χ0n) is 13.2. The first kappa shape index (κ1) is 16.0. The lowest BCUT2D eigenvalue weighted by atomic mass is 10.1. The average Bonchev–Trinajstić information content (AvgIpc) is 2.63. The third-order valence-electron chi connectivity index (χ3n) is 3.42. The summed E-state index contributed by atoms with van der Waals surface area (Å²) in [5.74, 6) is 0.993. The summed E-state index contributed by atoms with van der Waals surface area (Å²) in [7, 11) is 1.65. The van der Waals surface area contributed by atoms with Crippen molar-refractivity contribution in [1.82, 2.24) is 15.0 Å². The maximum atomic E-state index is 13.2. The van der Waals surface area contributed by atoms with Crippen LogP contribution in [0.2, 0.25) is 0 Å². The number of methoxy groups -OCH3 is 1. The topological polar surface area (TPSA) is 59.9 Å². The van der Waals surface area contributed by atoms with E-state index in [1.165, 1.54) is 12.1 Å². The van der Waals surface area contributed by atoms with Gasteiger partial charge in [0, 0.05) is 43.2 Å². The Labute approximate surface area is 139 Å². The molecule has 0 aliphatic rings. The SMILES string of the molecule is COCCNc1cc(-c2ccc(F)cc2)nc(-c2ccncc2)n1. The molecule has 0 fully saturated rings. The second-order valence-electron chi connectivity index (χ2n) is 5.12. The summed E-state index contributed by atoms with van der Waals surface area (Å²) < 4.78 is 18.2. The molecule has 0 aliphatic carbocycles. The zero-order valence-corrected chi connectivity index (χ0v) is 13.2. The van der Waals surface area contributed by atoms with Gasteiger partial charge < -0.3 is 10.1 Å². The van der Waals surface area contributed by atoms with E-state index in [2.05, 4.69) is 20.3 Å². The van der Waals surface area contributed by atoms with E-state index in [0.717, 1.165) is 16.8 Å². The second kappa shape index (κ2) is 7.61. The van der Waals surface area contributed by atoms with Gasteiger partial charge in [-0.1, -0.05) is 0 Å². The van der Waals surface area contributed by atoms with E-state index in [-0.39, 0.29) is 5.82 Å². The molecule has 2 aromatic heterocycles. The van der Waals surface area contributed by atoms with Crippen LogP contribution < -0.4 is 5.32 Å². The van der Waals surface area contributed by atoms with Crippen molar-refractivity contribution in [2.24, 2.45) is 0 Å². The van der Waals surface area contributed by atoms with Crippen molar-refractivity contribution in [1.29, 1.82) is 0 Å². The Balaban J connectivity index is 2.00. The number of pyridine rings is 1. The van der Waals surface area contributed by atoms with E-state index in [4.69, 9.17) is 4.74 Å². The molecule has 5 nitrogen and oxygen atoms in total. The van der Waals surface area contributed by atoms with E-state index in [0.29, 0.717) is 24.8 Å². The maximum Gasteiger partial charge on any atom is 0.162 e. The fourth-order valence-corrected chi connectivity index (χ4v) is 2.22. The minimum absolute atomic E-state index is 0.277. The molecule has 6 heteroatoms. The number of nitrogens with one attached hydrogen (secondary N) is 1. The van der Waals surface area contributed by atoms with Crippen molar-refractivity contribution in [2.75, 3.05) is 25.6 Å². The van der Waals surface area contributed by atoms with E-state index < -0.39 is 0 Å². The molecule has 0 spiro atoms. The van der Waals surface area contributed by atoms with Gasteiger partial charge in [0.25, 0.3) is 0 Å². The van der Waals surface area contributed by atoms with Crippen LogP contribution in [0.3, 0.4) is 0 Å². The molecule has 0 radical (unpaired) electrons. The van der Waals surface area contributed by atoms with Crippen molar-refractivity contribution in [3.8, 4) is 22.6 Å². The highest BCUT2D eigenvalue weighted by atomic mass is 19.1. The van der Waals surface area contributed by atoms with Crippen molar-refractivity contribution in [2.45, 2.75) is 0 Å². The van der Waals surface area contributed by atoms with Crippen LogP contribution in [0, 0.1) is 5.82 Å². The Morgan fingerprint density at radius 1 is 1.00 bits per heavy atom. The van der Waals surface area contributed by atoms with Crippen LogP contribution in [-0.2, 0) is 4.74 Å². The molecule has 2 heterocycles. The number of ether oxygens (including phenoxy) is 1. The van der Waals surface area contributed by atoms with Crippen molar-refractivity contribution >= 4 is 5.82 Å².